The number of rotatable bonds is 8. The number of H-pyrrole nitrogens is 1. The van der Waals surface area contributed by atoms with Gasteiger partial charge in [0.1, 0.15) is 6.33 Å². The van der Waals surface area contributed by atoms with E-state index in [1.807, 2.05) is 57.6 Å². The molecule has 0 bridgehead atoms. The van der Waals surface area contributed by atoms with Crippen molar-refractivity contribution in [2.45, 2.75) is 64.8 Å². The van der Waals surface area contributed by atoms with Crippen molar-refractivity contribution in [3.8, 4) is 22.5 Å². The summed E-state index contributed by atoms with van der Waals surface area (Å²) in [4.78, 5) is 32.9. The number of nitrogens with one attached hydrogen (secondary N) is 1. The van der Waals surface area contributed by atoms with Gasteiger partial charge in [0.25, 0.3) is 5.56 Å². The highest BCUT2D eigenvalue weighted by Gasteiger charge is 2.33. The zero-order valence-corrected chi connectivity index (χ0v) is 23.3. The molecule has 0 atom stereocenters. The summed E-state index contributed by atoms with van der Waals surface area (Å²) in [6.45, 7) is 4.37. The topological polar surface area (TPSA) is 131 Å². The molecule has 212 valence electrons. The molecule has 0 spiro atoms. The van der Waals surface area contributed by atoms with E-state index in [-0.39, 0.29) is 23.6 Å². The Balaban J connectivity index is 1.37. The lowest BCUT2D eigenvalue weighted by Gasteiger charge is -2.36. The first-order valence-electron chi connectivity index (χ1n) is 14.2. The maximum atomic E-state index is 14.2. The molecular weight excluding hydrogens is 520 g/mol. The molecule has 0 amide bonds. The molecule has 0 radical (unpaired) electrons. The van der Waals surface area contributed by atoms with Gasteiger partial charge < -0.3 is 5.11 Å². The Morgan fingerprint density at radius 3 is 2.46 bits per heavy atom. The predicted octanol–water partition coefficient (Wildman–Crippen LogP) is 4.56. The molecule has 1 aliphatic carbocycles. The van der Waals surface area contributed by atoms with E-state index < -0.39 is 5.76 Å². The van der Waals surface area contributed by atoms with Crippen LogP contribution in [-0.2, 0) is 12.8 Å². The van der Waals surface area contributed by atoms with Gasteiger partial charge in [-0.25, -0.2) is 9.31 Å². The lowest BCUT2D eigenvalue weighted by atomic mass is 9.74. The Bertz CT molecular complexity index is 1790. The van der Waals surface area contributed by atoms with E-state index in [0.717, 1.165) is 72.0 Å². The van der Waals surface area contributed by atoms with E-state index in [1.54, 1.807) is 0 Å². The quantitative estimate of drug-likeness (QED) is 0.287. The van der Waals surface area contributed by atoms with E-state index in [1.165, 1.54) is 6.33 Å². The Kier molecular flexibility index (Phi) is 7.17. The third-order valence-electron chi connectivity index (χ3n) is 8.49. The van der Waals surface area contributed by atoms with Crippen molar-refractivity contribution in [1.82, 2.24) is 29.3 Å². The summed E-state index contributed by atoms with van der Waals surface area (Å²) >= 11 is 0. The number of aryl methyl sites for hydroxylation is 1. The Hall–Kier alpha value is -4.31. The Morgan fingerprint density at radius 2 is 1.80 bits per heavy atom. The number of aromatic amines is 1. The van der Waals surface area contributed by atoms with Crippen molar-refractivity contribution in [1.29, 1.82) is 0 Å². The molecule has 2 aromatic carbocycles. The average Bonchev–Trinajstić information content (AvgIpc) is 3.66. The van der Waals surface area contributed by atoms with Crippen molar-refractivity contribution in [3.63, 3.8) is 0 Å². The molecule has 1 fully saturated rings. The summed E-state index contributed by atoms with van der Waals surface area (Å²) in [5.41, 5.74) is 5.19. The Labute approximate surface area is 236 Å². The van der Waals surface area contributed by atoms with Gasteiger partial charge in [-0.1, -0.05) is 74.0 Å². The summed E-state index contributed by atoms with van der Waals surface area (Å²) in [7, 11) is 0. The highest BCUT2D eigenvalue weighted by Crippen LogP contribution is 2.40. The van der Waals surface area contributed by atoms with Gasteiger partial charge >= 0.3 is 5.76 Å². The van der Waals surface area contributed by atoms with Crippen molar-refractivity contribution < 1.29 is 9.63 Å². The van der Waals surface area contributed by atoms with Crippen molar-refractivity contribution in [3.05, 3.63) is 92.6 Å². The molecule has 2 N–H and O–H groups in total. The first-order chi connectivity index (χ1) is 19.9. The number of hydrogen-bond donors (Lipinski definition) is 2. The highest BCUT2D eigenvalue weighted by molar-refractivity contribution is 5.80. The average molecular weight is 555 g/mol. The number of aliphatic hydroxyl groups excluding tert-OH is 1. The van der Waals surface area contributed by atoms with Crippen LogP contribution in [0.25, 0.3) is 28.3 Å². The second kappa shape index (κ2) is 10.9. The van der Waals surface area contributed by atoms with Gasteiger partial charge in [-0.05, 0) is 54.2 Å². The third kappa shape index (κ3) is 5.04. The lowest BCUT2D eigenvalue weighted by Crippen LogP contribution is -2.36. The Morgan fingerprint density at radius 1 is 1.07 bits per heavy atom. The second-order valence-corrected chi connectivity index (χ2v) is 11.4. The number of hydrogen-bond acceptors (Lipinski definition) is 7. The van der Waals surface area contributed by atoms with Gasteiger partial charge in [-0.2, -0.15) is 10.1 Å². The van der Waals surface area contributed by atoms with Crippen LogP contribution in [-0.4, -0.2) is 41.0 Å². The van der Waals surface area contributed by atoms with Gasteiger partial charge in [0, 0.05) is 30.2 Å². The summed E-state index contributed by atoms with van der Waals surface area (Å²) < 4.78 is 8.42. The number of aromatic nitrogens is 6. The molecule has 6 rings (SSSR count). The van der Waals surface area contributed by atoms with Crippen LogP contribution in [0, 0.1) is 5.41 Å². The minimum absolute atomic E-state index is 0.00374. The summed E-state index contributed by atoms with van der Waals surface area (Å²) in [6, 6.07) is 15.8. The van der Waals surface area contributed by atoms with Gasteiger partial charge in [-0.15, -0.1) is 0 Å². The maximum Gasteiger partial charge on any atom is 0.439 e. The van der Waals surface area contributed by atoms with Crippen LogP contribution in [0.5, 0.6) is 0 Å². The fourth-order valence-electron chi connectivity index (χ4n) is 6.09. The molecule has 1 aliphatic rings. The lowest BCUT2D eigenvalue weighted by molar-refractivity contribution is 0.0828. The fourth-order valence-corrected chi connectivity index (χ4v) is 6.09. The van der Waals surface area contributed by atoms with Crippen LogP contribution >= 0.6 is 0 Å². The standard InChI is InChI=1S/C31H34N6O4/c1-3-6-26-25(28(39)36(29-32-19-33-37(26)29)22-13-15-31(2,18-38)16-14-22)17-20-9-11-21(12-10-20)23-7-4-5-8-24(23)27-34-30(40)41-35-27/h4-5,7-12,19,22,38H,3,6,13-18H2,1-2H3,(H,34,35,40)/t22-,31-. The monoisotopic (exact) mass is 554 g/mol. The first kappa shape index (κ1) is 26.9. The number of fused-ring (bicyclic) bond motifs is 1. The van der Waals surface area contributed by atoms with Crippen LogP contribution in [0.1, 0.15) is 68.8 Å². The SMILES string of the molecule is CCCc1c(Cc2ccc(-c3ccccc3-c3noc(=O)[nH]3)cc2)c(=O)n([C@H]2CC[C@](C)(CO)CC2)c2ncnn12. The minimum atomic E-state index is -0.598. The van der Waals surface area contributed by atoms with Crippen LogP contribution in [0.3, 0.4) is 0 Å². The molecule has 41 heavy (non-hydrogen) atoms. The molecule has 1 saturated carbocycles. The van der Waals surface area contributed by atoms with Crippen LogP contribution < -0.4 is 11.3 Å². The molecule has 3 aromatic heterocycles. The summed E-state index contributed by atoms with van der Waals surface area (Å²) in [6.07, 6.45) is 6.96. The van der Waals surface area contributed by atoms with E-state index in [2.05, 4.69) is 34.1 Å². The molecule has 0 unspecified atom stereocenters. The van der Waals surface area contributed by atoms with Gasteiger partial charge in [0.15, 0.2) is 5.82 Å². The summed E-state index contributed by atoms with van der Waals surface area (Å²) in [5, 5.41) is 18.3. The fraction of sp³-hybridized carbons (Fsp3) is 0.387. The number of aliphatic hydroxyl groups is 1. The molecule has 0 aliphatic heterocycles. The summed E-state index contributed by atoms with van der Waals surface area (Å²) in [5.74, 6) is 0.374. The van der Waals surface area contributed by atoms with Crippen molar-refractivity contribution in [2.24, 2.45) is 5.41 Å². The largest absolute Gasteiger partial charge is 0.439 e. The van der Waals surface area contributed by atoms with Crippen molar-refractivity contribution in [2.75, 3.05) is 6.61 Å². The van der Waals surface area contributed by atoms with E-state index in [0.29, 0.717) is 18.0 Å². The van der Waals surface area contributed by atoms with E-state index in [9.17, 15) is 14.7 Å². The van der Waals surface area contributed by atoms with E-state index in [4.69, 9.17) is 4.52 Å². The second-order valence-electron chi connectivity index (χ2n) is 11.4. The highest BCUT2D eigenvalue weighted by atomic mass is 16.5. The molecule has 3 heterocycles. The molecular formula is C31H34N6O4. The molecule has 0 saturated heterocycles. The molecule has 5 aromatic rings. The number of benzene rings is 2. The molecule has 10 heteroatoms. The zero-order valence-electron chi connectivity index (χ0n) is 23.3. The number of nitrogens with zero attached hydrogens (tertiary/aromatic N) is 5. The first-order valence-corrected chi connectivity index (χ1v) is 14.2. The maximum absolute atomic E-state index is 14.2. The smallest absolute Gasteiger partial charge is 0.396 e. The molecule has 10 nitrogen and oxygen atoms in total. The van der Waals surface area contributed by atoms with Gasteiger partial charge in [0.2, 0.25) is 5.78 Å². The third-order valence-corrected chi connectivity index (χ3v) is 8.49. The van der Waals surface area contributed by atoms with Crippen molar-refractivity contribution >= 4 is 5.78 Å². The normalized spacial score (nSPS) is 19.1. The van der Waals surface area contributed by atoms with Gasteiger partial charge in [0.05, 0.1) is 5.69 Å². The predicted molar refractivity (Wildman–Crippen MR) is 155 cm³/mol. The van der Waals surface area contributed by atoms with Gasteiger partial charge in [-0.3, -0.25) is 18.9 Å². The van der Waals surface area contributed by atoms with Crippen LogP contribution in [0.15, 0.2) is 69.0 Å². The zero-order chi connectivity index (χ0) is 28.6. The minimum Gasteiger partial charge on any atom is -0.396 e. The van der Waals surface area contributed by atoms with E-state index >= 15 is 0 Å². The van der Waals surface area contributed by atoms with Crippen LogP contribution in [0.2, 0.25) is 0 Å². The van der Waals surface area contributed by atoms with Crippen LogP contribution in [0.4, 0.5) is 0 Å².